The van der Waals surface area contributed by atoms with Crippen molar-refractivity contribution in [2.45, 2.75) is 25.3 Å². The smallest absolute Gasteiger partial charge is 0.321 e. The second kappa shape index (κ2) is 8.03. The molecule has 3 aromatic rings. The van der Waals surface area contributed by atoms with Gasteiger partial charge in [-0.3, -0.25) is 4.98 Å². The molecule has 27 heavy (non-hydrogen) atoms. The van der Waals surface area contributed by atoms with E-state index in [1.165, 1.54) is 0 Å². The van der Waals surface area contributed by atoms with E-state index in [4.69, 9.17) is 0 Å². The number of para-hydroxylation sites is 1. The zero-order valence-corrected chi connectivity index (χ0v) is 15.2. The van der Waals surface area contributed by atoms with E-state index in [1.807, 2.05) is 59.9 Å². The zero-order valence-electron chi connectivity index (χ0n) is 15.2. The fraction of sp³-hybridized carbons (Fsp3) is 0.286. The Labute approximate surface area is 158 Å². The molecule has 1 saturated heterocycles. The number of urea groups is 1. The van der Waals surface area contributed by atoms with Gasteiger partial charge in [-0.25, -0.2) is 9.78 Å². The number of nitrogens with zero attached hydrogens (tertiary/aromatic N) is 4. The highest BCUT2D eigenvalue weighted by Gasteiger charge is 2.27. The summed E-state index contributed by atoms with van der Waals surface area (Å²) < 4.78 is 2.17. The van der Waals surface area contributed by atoms with Crippen LogP contribution in [0.3, 0.4) is 0 Å². The van der Waals surface area contributed by atoms with Gasteiger partial charge in [-0.15, -0.1) is 0 Å². The first-order chi connectivity index (χ1) is 13.3. The van der Waals surface area contributed by atoms with E-state index in [0.717, 1.165) is 43.0 Å². The lowest BCUT2D eigenvalue weighted by molar-refractivity contribution is 0.190. The molecule has 0 bridgehead atoms. The molecule has 6 heteroatoms. The molecule has 1 aromatic carbocycles. The highest BCUT2D eigenvalue weighted by Crippen LogP contribution is 2.26. The predicted molar refractivity (Wildman–Crippen MR) is 105 cm³/mol. The Morgan fingerprint density at radius 1 is 1.15 bits per heavy atom. The van der Waals surface area contributed by atoms with Crippen molar-refractivity contribution in [2.75, 3.05) is 18.4 Å². The summed E-state index contributed by atoms with van der Waals surface area (Å²) in [7, 11) is 0. The number of amides is 2. The second-order valence-electron chi connectivity index (χ2n) is 6.86. The van der Waals surface area contributed by atoms with Crippen LogP contribution in [0.2, 0.25) is 0 Å². The highest BCUT2D eigenvalue weighted by atomic mass is 16.2. The van der Waals surface area contributed by atoms with E-state index >= 15 is 0 Å². The van der Waals surface area contributed by atoms with Crippen molar-refractivity contribution in [1.82, 2.24) is 19.4 Å². The van der Waals surface area contributed by atoms with Crippen LogP contribution in [0.25, 0.3) is 0 Å². The summed E-state index contributed by atoms with van der Waals surface area (Å²) in [4.78, 5) is 23.3. The van der Waals surface area contributed by atoms with Crippen molar-refractivity contribution in [3.63, 3.8) is 0 Å². The van der Waals surface area contributed by atoms with Crippen LogP contribution in [-0.2, 0) is 6.54 Å². The minimum absolute atomic E-state index is 0.0451. The fourth-order valence-electron chi connectivity index (χ4n) is 3.60. The van der Waals surface area contributed by atoms with E-state index in [9.17, 15) is 4.79 Å². The fourth-order valence-corrected chi connectivity index (χ4v) is 3.60. The lowest BCUT2D eigenvalue weighted by Gasteiger charge is -2.32. The Morgan fingerprint density at radius 3 is 2.85 bits per heavy atom. The molecule has 4 rings (SSSR count). The van der Waals surface area contributed by atoms with Crippen LogP contribution in [0.5, 0.6) is 0 Å². The SMILES string of the molecule is O=C(Nc1ccccc1)N1CCCC(c2nccn2Cc2cccnc2)C1. The average molecular weight is 361 g/mol. The lowest BCUT2D eigenvalue weighted by Crippen LogP contribution is -2.42. The number of hydrogen-bond donors (Lipinski definition) is 1. The van der Waals surface area contributed by atoms with Crippen molar-refractivity contribution in [3.8, 4) is 0 Å². The molecule has 0 aliphatic carbocycles. The molecular weight excluding hydrogens is 338 g/mol. The summed E-state index contributed by atoms with van der Waals surface area (Å²) >= 11 is 0. The van der Waals surface area contributed by atoms with Gasteiger partial charge in [-0.05, 0) is 36.6 Å². The van der Waals surface area contributed by atoms with Gasteiger partial charge in [0, 0.05) is 49.5 Å². The van der Waals surface area contributed by atoms with E-state index in [0.29, 0.717) is 6.54 Å². The predicted octanol–water partition coefficient (Wildman–Crippen LogP) is 3.74. The first-order valence-electron chi connectivity index (χ1n) is 9.30. The van der Waals surface area contributed by atoms with Crippen LogP contribution in [0.4, 0.5) is 10.5 Å². The largest absolute Gasteiger partial charge is 0.330 e. The van der Waals surface area contributed by atoms with Gasteiger partial charge in [-0.1, -0.05) is 24.3 Å². The number of piperidine rings is 1. The maximum Gasteiger partial charge on any atom is 0.321 e. The molecule has 2 aromatic heterocycles. The third-order valence-corrected chi connectivity index (χ3v) is 4.92. The van der Waals surface area contributed by atoms with Crippen molar-refractivity contribution < 1.29 is 4.79 Å². The molecule has 2 amide bonds. The minimum atomic E-state index is -0.0451. The number of imidazole rings is 1. The van der Waals surface area contributed by atoms with Crippen molar-refractivity contribution >= 4 is 11.7 Å². The number of anilines is 1. The third-order valence-electron chi connectivity index (χ3n) is 4.92. The Bertz CT molecular complexity index is 878. The maximum atomic E-state index is 12.6. The minimum Gasteiger partial charge on any atom is -0.330 e. The van der Waals surface area contributed by atoms with E-state index in [-0.39, 0.29) is 11.9 Å². The van der Waals surface area contributed by atoms with Gasteiger partial charge in [0.15, 0.2) is 0 Å². The number of benzene rings is 1. The second-order valence-corrected chi connectivity index (χ2v) is 6.86. The van der Waals surface area contributed by atoms with Crippen LogP contribution in [0.1, 0.15) is 30.1 Å². The highest BCUT2D eigenvalue weighted by molar-refractivity contribution is 5.89. The maximum absolute atomic E-state index is 12.6. The quantitative estimate of drug-likeness (QED) is 0.770. The van der Waals surface area contributed by atoms with Gasteiger partial charge >= 0.3 is 6.03 Å². The number of rotatable bonds is 4. The third kappa shape index (κ3) is 4.16. The molecule has 0 radical (unpaired) electrons. The van der Waals surface area contributed by atoms with Crippen molar-refractivity contribution in [2.24, 2.45) is 0 Å². The van der Waals surface area contributed by atoms with Crippen molar-refractivity contribution in [1.29, 1.82) is 0 Å². The molecule has 6 nitrogen and oxygen atoms in total. The summed E-state index contributed by atoms with van der Waals surface area (Å²) in [5.74, 6) is 1.28. The van der Waals surface area contributed by atoms with E-state index in [2.05, 4.69) is 25.9 Å². The Hall–Kier alpha value is -3.15. The summed E-state index contributed by atoms with van der Waals surface area (Å²) in [6.45, 7) is 2.21. The number of hydrogen-bond acceptors (Lipinski definition) is 3. The first-order valence-corrected chi connectivity index (χ1v) is 9.30. The molecule has 0 spiro atoms. The van der Waals surface area contributed by atoms with Crippen LogP contribution in [0, 0.1) is 0 Å². The zero-order chi connectivity index (χ0) is 18.5. The molecule has 1 unspecified atom stereocenters. The average Bonchev–Trinajstić information content (AvgIpc) is 3.18. The van der Waals surface area contributed by atoms with Gasteiger partial charge in [0.25, 0.3) is 0 Å². The summed E-state index contributed by atoms with van der Waals surface area (Å²) in [5, 5.41) is 2.98. The molecule has 0 saturated carbocycles. The number of carbonyl (C=O) groups is 1. The van der Waals surface area contributed by atoms with Crippen LogP contribution in [-0.4, -0.2) is 38.6 Å². The Morgan fingerprint density at radius 2 is 2.04 bits per heavy atom. The molecule has 138 valence electrons. The topological polar surface area (TPSA) is 63.1 Å². The summed E-state index contributed by atoms with van der Waals surface area (Å²) in [6, 6.07) is 13.6. The first kappa shape index (κ1) is 17.3. The Kier molecular flexibility index (Phi) is 5.14. The molecular formula is C21H23N5O. The molecule has 3 heterocycles. The van der Waals surface area contributed by atoms with Gasteiger partial charge in [-0.2, -0.15) is 0 Å². The lowest BCUT2D eigenvalue weighted by atomic mass is 9.97. The van der Waals surface area contributed by atoms with Gasteiger partial charge in [0.05, 0.1) is 6.54 Å². The number of pyridine rings is 1. The normalized spacial score (nSPS) is 16.9. The summed E-state index contributed by atoms with van der Waals surface area (Å²) in [5.41, 5.74) is 1.97. The van der Waals surface area contributed by atoms with E-state index in [1.54, 1.807) is 6.20 Å². The molecule has 1 aliphatic rings. The monoisotopic (exact) mass is 361 g/mol. The molecule has 1 N–H and O–H groups in total. The standard InChI is InChI=1S/C21H23N5O/c27-21(24-19-8-2-1-3-9-19)26-12-5-7-18(16-26)20-23-11-13-25(20)15-17-6-4-10-22-14-17/h1-4,6,8-11,13-14,18H,5,7,12,15-16H2,(H,24,27). The molecule has 1 fully saturated rings. The van der Waals surface area contributed by atoms with Crippen LogP contribution >= 0.6 is 0 Å². The number of nitrogens with one attached hydrogen (secondary N) is 1. The van der Waals surface area contributed by atoms with Gasteiger partial charge < -0.3 is 14.8 Å². The van der Waals surface area contributed by atoms with Gasteiger partial charge in [0.2, 0.25) is 0 Å². The van der Waals surface area contributed by atoms with Crippen LogP contribution < -0.4 is 5.32 Å². The van der Waals surface area contributed by atoms with Crippen LogP contribution in [0.15, 0.2) is 67.3 Å². The van der Waals surface area contributed by atoms with Crippen molar-refractivity contribution in [3.05, 3.63) is 78.6 Å². The Balaban J connectivity index is 1.44. The number of likely N-dealkylation sites (tertiary alicyclic amines) is 1. The number of aromatic nitrogens is 3. The van der Waals surface area contributed by atoms with Gasteiger partial charge in [0.1, 0.15) is 5.82 Å². The molecule has 1 aliphatic heterocycles. The molecule has 1 atom stereocenters. The van der Waals surface area contributed by atoms with E-state index < -0.39 is 0 Å². The summed E-state index contributed by atoms with van der Waals surface area (Å²) in [6.07, 6.45) is 9.53. The number of carbonyl (C=O) groups excluding carboxylic acids is 1.